The molecule has 2 nitrogen and oxygen atoms in total. The SMILES string of the molecule is CC1CCCC(C)(C)C1CCC(C)[N+](C)(C)CC#CC[N+](C)(C)C(C)CCC1C(C)CCCC1(C)C.[Cl-].[Cl-]. The van der Waals surface area contributed by atoms with Crippen molar-refractivity contribution in [3.8, 4) is 11.8 Å². The maximum absolute atomic E-state index is 3.61. The van der Waals surface area contributed by atoms with Crippen molar-refractivity contribution in [2.75, 3.05) is 41.3 Å². The van der Waals surface area contributed by atoms with Crippen LogP contribution in [0, 0.1) is 46.3 Å². The monoisotopic (exact) mass is 572 g/mol. The lowest BCUT2D eigenvalue weighted by atomic mass is 9.62. The second kappa shape index (κ2) is 15.3. The first-order chi connectivity index (χ1) is 16.5. The van der Waals surface area contributed by atoms with Crippen molar-refractivity contribution < 1.29 is 33.8 Å². The first-order valence-corrected chi connectivity index (χ1v) is 15.6. The van der Waals surface area contributed by atoms with Gasteiger partial charge in [0.2, 0.25) is 0 Å². The average molecular weight is 574 g/mol. The fraction of sp³-hybridized carbons (Fsp3) is 0.941. The Morgan fingerprint density at radius 2 is 0.974 bits per heavy atom. The smallest absolute Gasteiger partial charge is 0.140 e. The van der Waals surface area contributed by atoms with Gasteiger partial charge in [-0.1, -0.05) is 67.2 Å². The van der Waals surface area contributed by atoms with Crippen LogP contribution < -0.4 is 24.8 Å². The first-order valence-electron chi connectivity index (χ1n) is 15.6. The summed E-state index contributed by atoms with van der Waals surface area (Å²) in [6.45, 7) is 21.9. The number of hydrogen-bond acceptors (Lipinski definition) is 0. The minimum absolute atomic E-state index is 0. The molecule has 0 amide bonds. The molecule has 2 aliphatic rings. The fourth-order valence-electron chi connectivity index (χ4n) is 7.79. The zero-order chi connectivity index (χ0) is 27.4. The minimum atomic E-state index is 0. The van der Waals surface area contributed by atoms with Crippen LogP contribution in [0.5, 0.6) is 0 Å². The Morgan fingerprint density at radius 1 is 0.658 bits per heavy atom. The summed E-state index contributed by atoms with van der Waals surface area (Å²) in [5, 5.41) is 0. The lowest BCUT2D eigenvalue weighted by molar-refractivity contribution is -0.908. The van der Waals surface area contributed by atoms with Crippen LogP contribution in [0.1, 0.15) is 120 Å². The Bertz CT molecular complexity index is 685. The zero-order valence-corrected chi connectivity index (χ0v) is 29.1. The summed E-state index contributed by atoms with van der Waals surface area (Å²) >= 11 is 0. The summed E-state index contributed by atoms with van der Waals surface area (Å²) in [5.74, 6) is 10.7. The maximum atomic E-state index is 3.61. The highest BCUT2D eigenvalue weighted by molar-refractivity contribution is 5.00. The minimum Gasteiger partial charge on any atom is -1.00 e. The summed E-state index contributed by atoms with van der Waals surface area (Å²) in [4.78, 5) is 0. The van der Waals surface area contributed by atoms with E-state index in [-0.39, 0.29) is 24.8 Å². The number of hydrogen-bond donors (Lipinski definition) is 0. The molecule has 0 saturated heterocycles. The van der Waals surface area contributed by atoms with Gasteiger partial charge in [-0.3, -0.25) is 0 Å². The van der Waals surface area contributed by atoms with Crippen molar-refractivity contribution in [3.63, 3.8) is 0 Å². The van der Waals surface area contributed by atoms with Gasteiger partial charge in [0.25, 0.3) is 0 Å². The normalized spacial score (nSPS) is 28.6. The third-order valence-corrected chi connectivity index (χ3v) is 11.6. The molecule has 0 aliphatic heterocycles. The zero-order valence-electron chi connectivity index (χ0n) is 27.6. The van der Waals surface area contributed by atoms with E-state index in [0.29, 0.717) is 22.9 Å². The van der Waals surface area contributed by atoms with Gasteiger partial charge in [-0.05, 0) is 98.7 Å². The maximum Gasteiger partial charge on any atom is 0.140 e. The molecule has 6 atom stereocenters. The van der Waals surface area contributed by atoms with Crippen molar-refractivity contribution >= 4 is 0 Å². The molecule has 2 rings (SSSR count). The van der Waals surface area contributed by atoms with E-state index in [4.69, 9.17) is 0 Å². The Balaban J connectivity index is 0.00000684. The molecule has 0 N–H and O–H groups in total. The second-order valence-corrected chi connectivity index (χ2v) is 16.0. The fourth-order valence-corrected chi connectivity index (χ4v) is 7.79. The largest absolute Gasteiger partial charge is 1.00 e. The Morgan fingerprint density at radius 3 is 1.26 bits per heavy atom. The van der Waals surface area contributed by atoms with Crippen molar-refractivity contribution in [2.45, 2.75) is 132 Å². The molecule has 0 aromatic heterocycles. The van der Waals surface area contributed by atoms with Crippen LogP contribution in [0.3, 0.4) is 0 Å². The Kier molecular flexibility index (Phi) is 15.4. The standard InChI is InChI=1S/C34H66N2.2ClH/c1-27-17-15-23-33(5,6)31(27)21-19-29(3)35(9,10)25-13-14-26-36(11,12)30(4)20-22-32-28(2)18-16-24-34(32,7)8;;/h27-32H,15-26H2,1-12H3;2*1H/q+2;;/p-2. The molecule has 0 aromatic carbocycles. The molecule has 4 heteroatoms. The molecule has 0 aromatic rings. The molecular formula is C34H66Cl2N2. The van der Waals surface area contributed by atoms with Gasteiger partial charge in [0, 0.05) is 0 Å². The van der Waals surface area contributed by atoms with Crippen LogP contribution in [0.4, 0.5) is 0 Å². The van der Waals surface area contributed by atoms with Gasteiger partial charge in [-0.2, -0.15) is 0 Å². The lowest BCUT2D eigenvalue weighted by Gasteiger charge is -2.44. The average Bonchev–Trinajstić information content (AvgIpc) is 2.74. The van der Waals surface area contributed by atoms with Gasteiger partial charge in [-0.25, -0.2) is 0 Å². The molecule has 0 radical (unpaired) electrons. The first kappa shape index (κ1) is 38.1. The molecule has 0 spiro atoms. The van der Waals surface area contributed by atoms with Crippen molar-refractivity contribution in [1.82, 2.24) is 0 Å². The van der Waals surface area contributed by atoms with E-state index >= 15 is 0 Å². The number of halogens is 2. The molecule has 2 saturated carbocycles. The molecule has 2 fully saturated rings. The van der Waals surface area contributed by atoms with Crippen molar-refractivity contribution in [1.29, 1.82) is 0 Å². The van der Waals surface area contributed by atoms with E-state index < -0.39 is 0 Å². The summed E-state index contributed by atoms with van der Waals surface area (Å²) in [7, 11) is 9.57. The van der Waals surface area contributed by atoms with Gasteiger partial charge >= 0.3 is 0 Å². The van der Waals surface area contributed by atoms with Gasteiger partial charge in [0.1, 0.15) is 13.1 Å². The summed E-state index contributed by atoms with van der Waals surface area (Å²) < 4.78 is 2.04. The van der Waals surface area contributed by atoms with Crippen LogP contribution in [0.15, 0.2) is 0 Å². The van der Waals surface area contributed by atoms with Crippen LogP contribution in [-0.2, 0) is 0 Å². The molecule has 2 aliphatic carbocycles. The van der Waals surface area contributed by atoms with Crippen LogP contribution in [-0.4, -0.2) is 62.3 Å². The predicted molar refractivity (Wildman–Crippen MR) is 160 cm³/mol. The number of quaternary nitrogens is 2. The third-order valence-electron chi connectivity index (χ3n) is 11.6. The van der Waals surface area contributed by atoms with Crippen LogP contribution >= 0.6 is 0 Å². The third kappa shape index (κ3) is 10.5. The van der Waals surface area contributed by atoms with Crippen LogP contribution in [0.2, 0.25) is 0 Å². The number of rotatable bonds is 10. The highest BCUT2D eigenvalue weighted by atomic mass is 35.5. The summed E-state index contributed by atoms with van der Waals surface area (Å²) in [6.07, 6.45) is 13.9. The van der Waals surface area contributed by atoms with E-state index in [9.17, 15) is 0 Å². The van der Waals surface area contributed by atoms with Crippen LogP contribution in [0.25, 0.3) is 0 Å². The summed E-state index contributed by atoms with van der Waals surface area (Å²) in [5.41, 5.74) is 1.03. The lowest BCUT2D eigenvalue weighted by Crippen LogP contribution is -3.00. The molecule has 0 bridgehead atoms. The van der Waals surface area contributed by atoms with E-state index in [2.05, 4.69) is 95.4 Å². The van der Waals surface area contributed by atoms with Crippen molar-refractivity contribution in [3.05, 3.63) is 0 Å². The van der Waals surface area contributed by atoms with Gasteiger partial charge in [0.05, 0.1) is 40.3 Å². The van der Waals surface area contributed by atoms with Gasteiger partial charge < -0.3 is 33.8 Å². The van der Waals surface area contributed by atoms with E-state index in [0.717, 1.165) is 45.7 Å². The second-order valence-electron chi connectivity index (χ2n) is 16.0. The Labute approximate surface area is 252 Å². The molecule has 226 valence electrons. The highest BCUT2D eigenvalue weighted by Crippen LogP contribution is 2.47. The highest BCUT2D eigenvalue weighted by Gasteiger charge is 2.38. The molecule has 6 unspecified atom stereocenters. The molecule has 38 heavy (non-hydrogen) atoms. The summed E-state index contributed by atoms with van der Waals surface area (Å²) in [6, 6.07) is 1.32. The van der Waals surface area contributed by atoms with E-state index in [1.165, 1.54) is 64.2 Å². The topological polar surface area (TPSA) is 0 Å². The molecule has 0 heterocycles. The van der Waals surface area contributed by atoms with Gasteiger partial charge in [-0.15, -0.1) is 0 Å². The predicted octanol–water partition coefficient (Wildman–Crippen LogP) is 2.41. The Hall–Kier alpha value is 0.0600. The number of nitrogens with zero attached hydrogens (tertiary/aromatic N) is 2. The van der Waals surface area contributed by atoms with Crippen molar-refractivity contribution in [2.24, 2.45) is 34.5 Å². The van der Waals surface area contributed by atoms with E-state index in [1.807, 2.05) is 0 Å². The van der Waals surface area contributed by atoms with E-state index in [1.54, 1.807) is 0 Å². The molecular weight excluding hydrogens is 507 g/mol. The van der Waals surface area contributed by atoms with Gasteiger partial charge in [0.15, 0.2) is 0 Å². The quantitative estimate of drug-likeness (QED) is 0.278.